The van der Waals surface area contributed by atoms with E-state index in [0.717, 1.165) is 14.5 Å². The molecule has 7 nitrogen and oxygen atoms in total. The SMILES string of the molecule is O=C1NC[C@@H](COc2c(Br)cc([C@@H]3CNC(=O)O3)cc2Br)O1. The molecule has 3 rings (SSSR count). The molecule has 1 aromatic carbocycles. The van der Waals surface area contributed by atoms with E-state index >= 15 is 0 Å². The van der Waals surface area contributed by atoms with Crippen molar-refractivity contribution >= 4 is 44.0 Å². The van der Waals surface area contributed by atoms with E-state index in [2.05, 4.69) is 42.5 Å². The van der Waals surface area contributed by atoms with Gasteiger partial charge in [0.15, 0.2) is 6.10 Å². The van der Waals surface area contributed by atoms with E-state index in [1.54, 1.807) is 0 Å². The van der Waals surface area contributed by atoms with E-state index in [4.69, 9.17) is 14.2 Å². The van der Waals surface area contributed by atoms with Gasteiger partial charge in [-0.2, -0.15) is 0 Å². The number of hydrogen-bond acceptors (Lipinski definition) is 5. The number of benzene rings is 1. The lowest BCUT2D eigenvalue weighted by Gasteiger charge is -2.16. The van der Waals surface area contributed by atoms with Crippen LogP contribution in [0.1, 0.15) is 11.7 Å². The van der Waals surface area contributed by atoms with Gasteiger partial charge in [0.1, 0.15) is 18.5 Å². The highest BCUT2D eigenvalue weighted by atomic mass is 79.9. The fourth-order valence-corrected chi connectivity index (χ4v) is 3.63. The summed E-state index contributed by atoms with van der Waals surface area (Å²) < 4.78 is 17.3. The predicted molar refractivity (Wildman–Crippen MR) is 82.8 cm³/mol. The molecule has 0 spiro atoms. The number of carbonyl (C=O) groups is 2. The number of rotatable bonds is 4. The Hall–Kier alpha value is -1.48. The number of carbonyl (C=O) groups excluding carboxylic acids is 2. The molecule has 2 aliphatic heterocycles. The molecule has 118 valence electrons. The average molecular weight is 436 g/mol. The molecule has 2 heterocycles. The van der Waals surface area contributed by atoms with E-state index in [1.165, 1.54) is 0 Å². The Morgan fingerprint density at radius 2 is 1.73 bits per heavy atom. The van der Waals surface area contributed by atoms with Gasteiger partial charge in [-0.1, -0.05) is 0 Å². The van der Waals surface area contributed by atoms with Gasteiger partial charge in [0.05, 0.1) is 22.0 Å². The summed E-state index contributed by atoms with van der Waals surface area (Å²) >= 11 is 6.88. The summed E-state index contributed by atoms with van der Waals surface area (Å²) in [6, 6.07) is 3.67. The summed E-state index contributed by atoms with van der Waals surface area (Å²) in [6.45, 7) is 1.10. The molecule has 2 atom stereocenters. The number of amides is 2. The van der Waals surface area contributed by atoms with Crippen LogP contribution in [-0.2, 0) is 9.47 Å². The Kier molecular flexibility index (Phi) is 4.44. The van der Waals surface area contributed by atoms with Gasteiger partial charge >= 0.3 is 12.2 Å². The number of alkyl carbamates (subject to hydrolysis) is 2. The molecule has 9 heteroatoms. The summed E-state index contributed by atoms with van der Waals surface area (Å²) in [6.07, 6.45) is -1.49. The zero-order valence-corrected chi connectivity index (χ0v) is 14.4. The Morgan fingerprint density at radius 3 is 2.27 bits per heavy atom. The van der Waals surface area contributed by atoms with Crippen molar-refractivity contribution in [2.45, 2.75) is 12.2 Å². The third-order valence-electron chi connectivity index (χ3n) is 3.23. The third kappa shape index (κ3) is 3.30. The van der Waals surface area contributed by atoms with Crippen molar-refractivity contribution in [1.82, 2.24) is 10.6 Å². The second kappa shape index (κ2) is 6.33. The van der Waals surface area contributed by atoms with Crippen LogP contribution in [0.15, 0.2) is 21.1 Å². The topological polar surface area (TPSA) is 85.9 Å². The number of nitrogens with one attached hydrogen (secondary N) is 2. The predicted octanol–water partition coefficient (Wildman–Crippen LogP) is 2.48. The van der Waals surface area contributed by atoms with E-state index in [-0.39, 0.29) is 18.8 Å². The molecular weight excluding hydrogens is 424 g/mol. The first-order valence-electron chi connectivity index (χ1n) is 6.53. The molecular formula is C13H12Br2N2O5. The van der Waals surface area contributed by atoms with Crippen molar-refractivity contribution in [3.05, 3.63) is 26.6 Å². The number of halogens is 2. The van der Waals surface area contributed by atoms with Crippen LogP contribution in [0, 0.1) is 0 Å². The molecule has 0 saturated carbocycles. The average Bonchev–Trinajstić information content (AvgIpc) is 3.06. The normalized spacial score (nSPS) is 23.5. The van der Waals surface area contributed by atoms with Gasteiger partial charge in [-0.05, 0) is 49.6 Å². The summed E-state index contributed by atoms with van der Waals surface area (Å²) in [7, 11) is 0. The first-order valence-corrected chi connectivity index (χ1v) is 8.12. The molecule has 2 fully saturated rings. The minimum Gasteiger partial charge on any atom is -0.487 e. The lowest BCUT2D eigenvalue weighted by atomic mass is 10.1. The highest BCUT2D eigenvalue weighted by Gasteiger charge is 2.27. The van der Waals surface area contributed by atoms with Gasteiger partial charge in [-0.25, -0.2) is 9.59 Å². The van der Waals surface area contributed by atoms with Gasteiger partial charge in [0.2, 0.25) is 0 Å². The van der Waals surface area contributed by atoms with Crippen LogP contribution in [0.2, 0.25) is 0 Å². The highest BCUT2D eigenvalue weighted by Crippen LogP contribution is 2.37. The Morgan fingerprint density at radius 1 is 1.09 bits per heavy atom. The number of cyclic esters (lactones) is 2. The van der Waals surface area contributed by atoms with Gasteiger partial charge in [0.25, 0.3) is 0 Å². The molecule has 0 radical (unpaired) electrons. The number of ether oxygens (including phenoxy) is 3. The lowest BCUT2D eigenvalue weighted by molar-refractivity contribution is 0.104. The van der Waals surface area contributed by atoms with Gasteiger partial charge in [0, 0.05) is 0 Å². The van der Waals surface area contributed by atoms with E-state index in [1.807, 2.05) is 12.1 Å². The fraction of sp³-hybridized carbons (Fsp3) is 0.385. The van der Waals surface area contributed by atoms with Gasteiger partial charge in [-0.15, -0.1) is 0 Å². The van der Waals surface area contributed by atoms with Crippen LogP contribution in [0.4, 0.5) is 9.59 Å². The lowest BCUT2D eigenvalue weighted by Crippen LogP contribution is -2.22. The Balaban J connectivity index is 1.69. The standard InChI is InChI=1S/C13H12Br2N2O5/c14-8-1-6(10-4-17-13(19)22-10)2-9(15)11(8)20-5-7-3-16-12(18)21-7/h1-2,7,10H,3-5H2,(H,16,18)(H,17,19)/t7-,10-/m0/s1. The second-order valence-corrected chi connectivity index (χ2v) is 6.52. The summed E-state index contributed by atoms with van der Waals surface area (Å²) in [5.74, 6) is 0.601. The summed E-state index contributed by atoms with van der Waals surface area (Å²) in [5, 5.41) is 5.18. The molecule has 2 N–H and O–H groups in total. The molecule has 0 aliphatic carbocycles. The fourth-order valence-electron chi connectivity index (χ4n) is 2.18. The first-order chi connectivity index (χ1) is 10.5. The quantitative estimate of drug-likeness (QED) is 0.758. The van der Waals surface area contributed by atoms with Crippen molar-refractivity contribution in [2.24, 2.45) is 0 Å². The van der Waals surface area contributed by atoms with Gasteiger partial charge < -0.3 is 24.8 Å². The van der Waals surface area contributed by atoms with Crippen molar-refractivity contribution in [3.63, 3.8) is 0 Å². The van der Waals surface area contributed by atoms with Gasteiger partial charge in [-0.3, -0.25) is 0 Å². The smallest absolute Gasteiger partial charge is 0.407 e. The van der Waals surface area contributed by atoms with Crippen molar-refractivity contribution in [1.29, 1.82) is 0 Å². The van der Waals surface area contributed by atoms with E-state index < -0.39 is 12.2 Å². The zero-order valence-electron chi connectivity index (χ0n) is 11.2. The highest BCUT2D eigenvalue weighted by molar-refractivity contribution is 9.11. The van der Waals surface area contributed by atoms with Crippen LogP contribution in [0.5, 0.6) is 5.75 Å². The summed E-state index contributed by atoms with van der Waals surface area (Å²) in [4.78, 5) is 22.1. The second-order valence-electron chi connectivity index (χ2n) is 4.81. The maximum atomic E-state index is 11.1. The Bertz CT molecular complexity index is 601. The maximum Gasteiger partial charge on any atom is 0.407 e. The molecule has 0 unspecified atom stereocenters. The van der Waals surface area contributed by atoms with Crippen LogP contribution < -0.4 is 15.4 Å². The maximum absolute atomic E-state index is 11.1. The molecule has 2 saturated heterocycles. The molecule has 22 heavy (non-hydrogen) atoms. The summed E-state index contributed by atoms with van der Waals surface area (Å²) in [5.41, 5.74) is 0.846. The first kappa shape index (κ1) is 15.4. The molecule has 1 aromatic rings. The van der Waals surface area contributed by atoms with E-state index in [9.17, 15) is 9.59 Å². The molecule has 2 aliphatic rings. The zero-order chi connectivity index (χ0) is 15.7. The number of hydrogen-bond donors (Lipinski definition) is 2. The molecule has 2 amide bonds. The van der Waals surface area contributed by atoms with E-state index in [0.29, 0.717) is 18.8 Å². The van der Waals surface area contributed by atoms with Crippen molar-refractivity contribution in [2.75, 3.05) is 19.7 Å². The van der Waals surface area contributed by atoms with Crippen LogP contribution in [0.25, 0.3) is 0 Å². The van der Waals surface area contributed by atoms with Crippen molar-refractivity contribution in [3.8, 4) is 5.75 Å². The minimum atomic E-state index is -0.433. The minimum absolute atomic E-state index is 0.245. The Labute approximate surface area is 142 Å². The van der Waals surface area contributed by atoms with Crippen molar-refractivity contribution < 1.29 is 23.8 Å². The van der Waals surface area contributed by atoms with Crippen LogP contribution in [-0.4, -0.2) is 38.0 Å². The molecule has 0 aromatic heterocycles. The largest absolute Gasteiger partial charge is 0.487 e. The third-order valence-corrected chi connectivity index (χ3v) is 4.41. The monoisotopic (exact) mass is 434 g/mol. The van der Waals surface area contributed by atoms with Crippen LogP contribution in [0.3, 0.4) is 0 Å². The molecule has 0 bridgehead atoms. The van der Waals surface area contributed by atoms with Crippen LogP contribution >= 0.6 is 31.9 Å².